The number of hydrogen-bond donors (Lipinski definition) is 1. The Hall–Kier alpha value is -1.48. The van der Waals surface area contributed by atoms with Gasteiger partial charge >= 0.3 is 5.97 Å². The van der Waals surface area contributed by atoms with Crippen LogP contribution in [0, 0.1) is 0 Å². The number of halogens is 1. The summed E-state index contributed by atoms with van der Waals surface area (Å²) in [4.78, 5) is 10.7. The van der Waals surface area contributed by atoms with Gasteiger partial charge in [-0.05, 0) is 38.0 Å². The SMILES string of the molecule is CC(C)n1cc(CCC(=O)O)c2ccc(Cl)cc21. The second kappa shape index (κ2) is 5.02. The van der Waals surface area contributed by atoms with E-state index in [9.17, 15) is 4.79 Å². The van der Waals surface area contributed by atoms with Gasteiger partial charge in [0.2, 0.25) is 0 Å². The molecule has 1 aromatic carbocycles. The highest BCUT2D eigenvalue weighted by Crippen LogP contribution is 2.28. The molecule has 0 saturated heterocycles. The number of carboxylic acid groups (broad SMARTS) is 1. The van der Waals surface area contributed by atoms with Crippen molar-refractivity contribution in [1.29, 1.82) is 0 Å². The molecule has 0 radical (unpaired) electrons. The first-order valence-electron chi connectivity index (χ1n) is 6.00. The number of aliphatic carboxylic acids is 1. The third-order valence-corrected chi connectivity index (χ3v) is 3.28. The number of fused-ring (bicyclic) bond motifs is 1. The van der Waals surface area contributed by atoms with E-state index < -0.39 is 5.97 Å². The monoisotopic (exact) mass is 265 g/mol. The predicted molar refractivity (Wildman–Crippen MR) is 73.3 cm³/mol. The van der Waals surface area contributed by atoms with Crippen LogP contribution in [0.15, 0.2) is 24.4 Å². The molecule has 0 aliphatic rings. The zero-order chi connectivity index (χ0) is 13.3. The average molecular weight is 266 g/mol. The van der Waals surface area contributed by atoms with Crippen molar-refractivity contribution in [2.45, 2.75) is 32.7 Å². The summed E-state index contributed by atoms with van der Waals surface area (Å²) in [6.07, 6.45) is 2.74. The summed E-state index contributed by atoms with van der Waals surface area (Å²) in [5.74, 6) is -0.769. The fourth-order valence-electron chi connectivity index (χ4n) is 2.16. The summed E-state index contributed by atoms with van der Waals surface area (Å²) < 4.78 is 2.14. The summed E-state index contributed by atoms with van der Waals surface area (Å²) in [5, 5.41) is 10.6. The van der Waals surface area contributed by atoms with Crippen LogP contribution in [0.2, 0.25) is 5.02 Å². The van der Waals surface area contributed by atoms with Gasteiger partial charge in [0.05, 0.1) is 5.52 Å². The maximum Gasteiger partial charge on any atom is 0.303 e. The van der Waals surface area contributed by atoms with E-state index in [4.69, 9.17) is 16.7 Å². The average Bonchev–Trinajstić information content (AvgIpc) is 2.64. The second-order valence-electron chi connectivity index (χ2n) is 4.71. The van der Waals surface area contributed by atoms with Gasteiger partial charge in [-0.2, -0.15) is 0 Å². The highest BCUT2D eigenvalue weighted by Gasteiger charge is 2.11. The van der Waals surface area contributed by atoms with Crippen LogP contribution in [0.25, 0.3) is 10.9 Å². The van der Waals surface area contributed by atoms with E-state index in [0.717, 1.165) is 16.5 Å². The van der Waals surface area contributed by atoms with Gasteiger partial charge in [0.15, 0.2) is 0 Å². The number of carbonyl (C=O) groups is 1. The molecule has 1 N–H and O–H groups in total. The van der Waals surface area contributed by atoms with E-state index in [1.54, 1.807) is 0 Å². The Bertz CT molecular complexity index is 587. The maximum absolute atomic E-state index is 10.7. The molecular formula is C14H16ClNO2. The second-order valence-corrected chi connectivity index (χ2v) is 5.15. The van der Waals surface area contributed by atoms with Crippen molar-refractivity contribution in [3.05, 3.63) is 35.0 Å². The normalized spacial score (nSPS) is 11.3. The molecule has 18 heavy (non-hydrogen) atoms. The quantitative estimate of drug-likeness (QED) is 0.911. The Balaban J connectivity index is 2.50. The summed E-state index contributed by atoms with van der Waals surface area (Å²) in [6, 6.07) is 6.07. The molecule has 0 aliphatic heterocycles. The molecule has 0 spiro atoms. The molecule has 2 aromatic rings. The number of nitrogens with zero attached hydrogens (tertiary/aromatic N) is 1. The van der Waals surface area contributed by atoms with Gasteiger partial charge in [-0.25, -0.2) is 0 Å². The molecule has 2 rings (SSSR count). The highest BCUT2D eigenvalue weighted by molar-refractivity contribution is 6.31. The van der Waals surface area contributed by atoms with Crippen LogP contribution in [-0.4, -0.2) is 15.6 Å². The minimum atomic E-state index is -0.769. The lowest BCUT2D eigenvalue weighted by atomic mass is 10.1. The molecule has 1 heterocycles. The van der Waals surface area contributed by atoms with Crippen LogP contribution in [0.3, 0.4) is 0 Å². The number of benzene rings is 1. The topological polar surface area (TPSA) is 42.2 Å². The van der Waals surface area contributed by atoms with Gasteiger partial charge in [0.1, 0.15) is 0 Å². The maximum atomic E-state index is 10.7. The number of aromatic nitrogens is 1. The molecule has 4 heteroatoms. The summed E-state index contributed by atoms with van der Waals surface area (Å²) in [5.41, 5.74) is 2.13. The van der Waals surface area contributed by atoms with Crippen molar-refractivity contribution >= 4 is 28.5 Å². The Kier molecular flexibility index (Phi) is 3.62. The number of aryl methyl sites for hydroxylation is 1. The Morgan fingerprint density at radius 1 is 1.44 bits per heavy atom. The molecule has 3 nitrogen and oxygen atoms in total. The van der Waals surface area contributed by atoms with Crippen LogP contribution in [0.4, 0.5) is 0 Å². The van der Waals surface area contributed by atoms with Gasteiger partial charge in [-0.1, -0.05) is 17.7 Å². The van der Waals surface area contributed by atoms with Crippen LogP contribution >= 0.6 is 11.6 Å². The lowest BCUT2D eigenvalue weighted by Gasteiger charge is -2.08. The molecule has 0 amide bonds. The molecule has 0 aliphatic carbocycles. The number of hydrogen-bond acceptors (Lipinski definition) is 1. The highest BCUT2D eigenvalue weighted by atomic mass is 35.5. The minimum Gasteiger partial charge on any atom is -0.481 e. The van der Waals surface area contributed by atoms with E-state index in [-0.39, 0.29) is 6.42 Å². The molecule has 96 valence electrons. The lowest BCUT2D eigenvalue weighted by Crippen LogP contribution is -1.99. The van der Waals surface area contributed by atoms with Gasteiger partial charge < -0.3 is 9.67 Å². The fraction of sp³-hybridized carbons (Fsp3) is 0.357. The third kappa shape index (κ3) is 2.51. The van der Waals surface area contributed by atoms with E-state index in [1.165, 1.54) is 0 Å². The summed E-state index contributed by atoms with van der Waals surface area (Å²) in [6.45, 7) is 4.20. The summed E-state index contributed by atoms with van der Waals surface area (Å²) in [7, 11) is 0. The third-order valence-electron chi connectivity index (χ3n) is 3.04. The van der Waals surface area contributed by atoms with Crippen molar-refractivity contribution < 1.29 is 9.90 Å². The standard InChI is InChI=1S/C14H16ClNO2/c1-9(2)16-8-10(3-6-14(17)18)12-5-4-11(15)7-13(12)16/h4-5,7-9H,3,6H2,1-2H3,(H,17,18). The van der Waals surface area contributed by atoms with Crippen molar-refractivity contribution in [3.63, 3.8) is 0 Å². The molecule has 1 aromatic heterocycles. The van der Waals surface area contributed by atoms with Crippen molar-refractivity contribution in [2.75, 3.05) is 0 Å². The molecule has 0 bridgehead atoms. The molecule has 0 fully saturated rings. The van der Waals surface area contributed by atoms with Crippen LogP contribution in [0.5, 0.6) is 0 Å². The van der Waals surface area contributed by atoms with Crippen LogP contribution in [-0.2, 0) is 11.2 Å². The zero-order valence-corrected chi connectivity index (χ0v) is 11.2. The van der Waals surface area contributed by atoms with Crippen LogP contribution < -0.4 is 0 Å². The van der Waals surface area contributed by atoms with Gasteiger partial charge in [0.25, 0.3) is 0 Å². The first-order chi connectivity index (χ1) is 8.49. The van der Waals surface area contributed by atoms with Gasteiger partial charge in [-0.3, -0.25) is 4.79 Å². The Morgan fingerprint density at radius 3 is 2.78 bits per heavy atom. The first kappa shape index (κ1) is 13.0. The van der Waals surface area contributed by atoms with E-state index in [2.05, 4.69) is 18.4 Å². The Morgan fingerprint density at radius 2 is 2.17 bits per heavy atom. The van der Waals surface area contributed by atoms with Crippen molar-refractivity contribution in [3.8, 4) is 0 Å². The van der Waals surface area contributed by atoms with E-state index in [1.807, 2.05) is 24.4 Å². The molecule has 0 saturated carbocycles. The lowest BCUT2D eigenvalue weighted by molar-refractivity contribution is -0.136. The van der Waals surface area contributed by atoms with Crippen LogP contribution in [0.1, 0.15) is 31.9 Å². The van der Waals surface area contributed by atoms with Gasteiger partial charge in [0, 0.05) is 29.1 Å². The van der Waals surface area contributed by atoms with Crippen molar-refractivity contribution in [1.82, 2.24) is 4.57 Å². The fourth-order valence-corrected chi connectivity index (χ4v) is 2.33. The molecule has 0 unspecified atom stereocenters. The largest absolute Gasteiger partial charge is 0.481 e. The number of carboxylic acids is 1. The summed E-state index contributed by atoms with van der Waals surface area (Å²) >= 11 is 6.02. The predicted octanol–water partition coefficient (Wildman–Crippen LogP) is 3.89. The zero-order valence-electron chi connectivity index (χ0n) is 10.5. The van der Waals surface area contributed by atoms with Crippen molar-refractivity contribution in [2.24, 2.45) is 0 Å². The Labute approximate surface area is 111 Å². The smallest absolute Gasteiger partial charge is 0.303 e. The molecular weight excluding hydrogens is 250 g/mol. The van der Waals surface area contributed by atoms with E-state index in [0.29, 0.717) is 17.5 Å². The number of rotatable bonds is 4. The minimum absolute atomic E-state index is 0.153. The molecule has 0 atom stereocenters. The van der Waals surface area contributed by atoms with Gasteiger partial charge in [-0.15, -0.1) is 0 Å². The van der Waals surface area contributed by atoms with E-state index >= 15 is 0 Å². The first-order valence-corrected chi connectivity index (χ1v) is 6.37.